The largest absolute Gasteiger partial charge is 0.385 e. The highest BCUT2D eigenvalue weighted by Crippen LogP contribution is 2.11. The van der Waals surface area contributed by atoms with E-state index in [4.69, 9.17) is 14.5 Å². The van der Waals surface area contributed by atoms with Crippen LogP contribution in [0.1, 0.15) is 37.8 Å². The van der Waals surface area contributed by atoms with Gasteiger partial charge in [0, 0.05) is 46.5 Å². The van der Waals surface area contributed by atoms with Crippen molar-refractivity contribution in [3.8, 4) is 0 Å². The number of aliphatic imine (C=N–C) groups is 1. The van der Waals surface area contributed by atoms with Crippen LogP contribution in [0.3, 0.4) is 0 Å². The first kappa shape index (κ1) is 23.4. The highest BCUT2D eigenvalue weighted by Gasteiger charge is 2.04. The van der Waals surface area contributed by atoms with Crippen LogP contribution in [0.15, 0.2) is 29.3 Å². The molecule has 0 amide bonds. The average Bonchev–Trinajstić information content (AvgIpc) is 2.67. The number of benzene rings is 1. The summed E-state index contributed by atoms with van der Waals surface area (Å²) in [7, 11) is 3.88. The number of guanidine groups is 1. The summed E-state index contributed by atoms with van der Waals surface area (Å²) in [4.78, 5) is 7.05. The summed E-state index contributed by atoms with van der Waals surface area (Å²) >= 11 is 0. The lowest BCUT2D eigenvalue weighted by molar-refractivity contribution is 0.121. The molecule has 0 bridgehead atoms. The van der Waals surface area contributed by atoms with E-state index in [0.29, 0.717) is 13.2 Å². The van der Waals surface area contributed by atoms with Gasteiger partial charge in [-0.05, 0) is 37.9 Å². The van der Waals surface area contributed by atoms with Crippen LogP contribution in [-0.4, -0.2) is 64.4 Å². The van der Waals surface area contributed by atoms with Crippen molar-refractivity contribution in [2.75, 3.05) is 53.6 Å². The molecule has 1 aromatic carbocycles. The van der Waals surface area contributed by atoms with Crippen LogP contribution in [0.2, 0.25) is 0 Å². The van der Waals surface area contributed by atoms with Crippen molar-refractivity contribution >= 4 is 5.96 Å². The summed E-state index contributed by atoms with van der Waals surface area (Å²) in [6.07, 6.45) is 2.09. The molecule has 6 heteroatoms. The number of likely N-dealkylation sites (N-methyl/N-ethyl adjacent to an activating group) is 1. The molecule has 0 aromatic heterocycles. The maximum Gasteiger partial charge on any atom is 0.191 e. The third kappa shape index (κ3) is 11.0. The smallest absolute Gasteiger partial charge is 0.191 e. The number of rotatable bonds is 14. The summed E-state index contributed by atoms with van der Waals surface area (Å²) in [5.74, 6) is 0.854. The molecular formula is C21H38N4O2. The fourth-order valence-electron chi connectivity index (χ4n) is 2.64. The van der Waals surface area contributed by atoms with Gasteiger partial charge in [-0.1, -0.05) is 31.2 Å². The van der Waals surface area contributed by atoms with Crippen molar-refractivity contribution in [3.63, 3.8) is 0 Å². The average molecular weight is 379 g/mol. The molecule has 0 aliphatic carbocycles. The van der Waals surface area contributed by atoms with Crippen LogP contribution in [0.4, 0.5) is 0 Å². The normalized spacial score (nSPS) is 11.8. The zero-order chi connectivity index (χ0) is 19.7. The van der Waals surface area contributed by atoms with Crippen LogP contribution < -0.4 is 10.6 Å². The van der Waals surface area contributed by atoms with Crippen LogP contribution in [0.25, 0.3) is 0 Å². The van der Waals surface area contributed by atoms with Gasteiger partial charge in [-0.15, -0.1) is 0 Å². The zero-order valence-corrected chi connectivity index (χ0v) is 17.6. The first-order chi connectivity index (χ1) is 13.2. The first-order valence-electron chi connectivity index (χ1n) is 10.0. The molecule has 1 aromatic rings. The van der Waals surface area contributed by atoms with E-state index in [-0.39, 0.29) is 0 Å². The Labute approximate surface area is 165 Å². The third-order valence-corrected chi connectivity index (χ3v) is 4.15. The SMILES string of the molecule is CCCOCc1ccccc1CN=C(NCC)NCCN(C)CCCOC. The lowest BCUT2D eigenvalue weighted by atomic mass is 10.1. The molecular weight excluding hydrogens is 340 g/mol. The van der Waals surface area contributed by atoms with Crippen LogP contribution in [-0.2, 0) is 22.6 Å². The molecule has 0 saturated heterocycles. The maximum atomic E-state index is 5.70. The van der Waals surface area contributed by atoms with Gasteiger partial charge in [0.25, 0.3) is 0 Å². The molecule has 2 N–H and O–H groups in total. The standard InChI is InChI=1S/C21H38N4O2/c1-5-15-27-18-20-11-8-7-10-19(20)17-24-21(22-6-2)23-12-14-25(3)13-9-16-26-4/h7-8,10-11H,5-6,9,12-18H2,1-4H3,(H2,22,23,24). The topological polar surface area (TPSA) is 58.1 Å². The Bertz CT molecular complexity index is 523. The second-order valence-electron chi connectivity index (χ2n) is 6.59. The molecule has 0 heterocycles. The number of nitrogens with zero attached hydrogens (tertiary/aromatic N) is 2. The molecule has 0 unspecified atom stereocenters. The Morgan fingerprint density at radius 2 is 1.85 bits per heavy atom. The van der Waals surface area contributed by atoms with Crippen molar-refractivity contribution in [3.05, 3.63) is 35.4 Å². The number of methoxy groups -OCH3 is 1. The van der Waals surface area contributed by atoms with Gasteiger partial charge in [-0.25, -0.2) is 4.99 Å². The van der Waals surface area contributed by atoms with E-state index < -0.39 is 0 Å². The Kier molecular flexibility index (Phi) is 13.4. The molecule has 0 radical (unpaired) electrons. The summed E-state index contributed by atoms with van der Waals surface area (Å²) in [5.41, 5.74) is 2.42. The Morgan fingerprint density at radius 1 is 1.07 bits per heavy atom. The second kappa shape index (κ2) is 15.4. The van der Waals surface area contributed by atoms with Crippen LogP contribution >= 0.6 is 0 Å². The van der Waals surface area contributed by atoms with E-state index in [1.54, 1.807) is 7.11 Å². The summed E-state index contributed by atoms with van der Waals surface area (Å²) < 4.78 is 10.8. The van der Waals surface area contributed by atoms with E-state index in [9.17, 15) is 0 Å². The van der Waals surface area contributed by atoms with Gasteiger partial charge in [-0.2, -0.15) is 0 Å². The van der Waals surface area contributed by atoms with Gasteiger partial charge < -0.3 is 25.0 Å². The zero-order valence-electron chi connectivity index (χ0n) is 17.6. The van der Waals surface area contributed by atoms with Crippen molar-refractivity contribution in [1.82, 2.24) is 15.5 Å². The van der Waals surface area contributed by atoms with Crippen molar-refractivity contribution < 1.29 is 9.47 Å². The van der Waals surface area contributed by atoms with Crippen molar-refractivity contribution in [2.24, 2.45) is 4.99 Å². The van der Waals surface area contributed by atoms with E-state index in [2.05, 4.69) is 60.7 Å². The minimum atomic E-state index is 0.644. The minimum absolute atomic E-state index is 0.644. The molecule has 0 aliphatic rings. The molecule has 6 nitrogen and oxygen atoms in total. The van der Waals surface area contributed by atoms with Crippen LogP contribution in [0.5, 0.6) is 0 Å². The number of hydrogen-bond acceptors (Lipinski definition) is 4. The second-order valence-corrected chi connectivity index (χ2v) is 6.59. The van der Waals surface area contributed by atoms with Gasteiger partial charge >= 0.3 is 0 Å². The van der Waals surface area contributed by atoms with Crippen LogP contribution in [0, 0.1) is 0 Å². The summed E-state index contributed by atoms with van der Waals surface area (Å²) in [6.45, 7) is 10.8. The Hall–Kier alpha value is -1.63. The molecule has 0 atom stereocenters. The monoisotopic (exact) mass is 378 g/mol. The number of hydrogen-bond donors (Lipinski definition) is 2. The number of ether oxygens (including phenoxy) is 2. The van der Waals surface area contributed by atoms with E-state index >= 15 is 0 Å². The highest BCUT2D eigenvalue weighted by molar-refractivity contribution is 5.79. The first-order valence-corrected chi connectivity index (χ1v) is 10.0. The summed E-state index contributed by atoms with van der Waals surface area (Å²) in [5, 5.41) is 6.74. The lowest BCUT2D eigenvalue weighted by Crippen LogP contribution is -2.41. The molecule has 1 rings (SSSR count). The minimum Gasteiger partial charge on any atom is -0.385 e. The molecule has 0 aliphatic heterocycles. The quantitative estimate of drug-likeness (QED) is 0.296. The Morgan fingerprint density at radius 3 is 2.56 bits per heavy atom. The van der Waals surface area contributed by atoms with Gasteiger partial charge in [-0.3, -0.25) is 0 Å². The molecule has 0 spiro atoms. The molecule has 0 saturated carbocycles. The molecule has 0 fully saturated rings. The van der Waals surface area contributed by atoms with Crippen molar-refractivity contribution in [1.29, 1.82) is 0 Å². The predicted octanol–water partition coefficient (Wildman–Crippen LogP) is 2.64. The van der Waals surface area contributed by atoms with Gasteiger partial charge in [0.05, 0.1) is 13.2 Å². The maximum absolute atomic E-state index is 5.70. The third-order valence-electron chi connectivity index (χ3n) is 4.15. The number of nitrogens with one attached hydrogen (secondary N) is 2. The fraction of sp³-hybridized carbons (Fsp3) is 0.667. The summed E-state index contributed by atoms with van der Waals surface area (Å²) in [6, 6.07) is 8.36. The predicted molar refractivity (Wildman–Crippen MR) is 113 cm³/mol. The van der Waals surface area contributed by atoms with E-state index in [0.717, 1.165) is 58.2 Å². The van der Waals surface area contributed by atoms with Gasteiger partial charge in [0.15, 0.2) is 5.96 Å². The lowest BCUT2D eigenvalue weighted by Gasteiger charge is -2.18. The van der Waals surface area contributed by atoms with E-state index in [1.165, 1.54) is 11.1 Å². The highest BCUT2D eigenvalue weighted by atomic mass is 16.5. The molecule has 27 heavy (non-hydrogen) atoms. The molecule has 154 valence electrons. The Balaban J connectivity index is 2.51. The van der Waals surface area contributed by atoms with Gasteiger partial charge in [0.2, 0.25) is 0 Å². The van der Waals surface area contributed by atoms with E-state index in [1.807, 2.05) is 0 Å². The van der Waals surface area contributed by atoms with Gasteiger partial charge in [0.1, 0.15) is 0 Å². The van der Waals surface area contributed by atoms with Crippen molar-refractivity contribution in [2.45, 2.75) is 39.8 Å². The fourth-order valence-corrected chi connectivity index (χ4v) is 2.64.